The van der Waals surface area contributed by atoms with Crippen molar-refractivity contribution in [2.24, 2.45) is 0 Å². The molecule has 0 spiro atoms. The molecule has 1 aliphatic carbocycles. The third-order valence-corrected chi connectivity index (χ3v) is 6.86. The maximum absolute atomic E-state index is 11.1. The number of hydrogen-bond acceptors (Lipinski definition) is 6. The molecule has 8 heteroatoms. The van der Waals surface area contributed by atoms with Gasteiger partial charge < -0.3 is 20.1 Å². The molecule has 2 atom stereocenters. The van der Waals surface area contributed by atoms with E-state index < -0.39 is 0 Å². The minimum atomic E-state index is 0.316. The van der Waals surface area contributed by atoms with Crippen LogP contribution in [0.4, 0.5) is 17.2 Å². The van der Waals surface area contributed by atoms with Crippen LogP contribution in [-0.2, 0) is 4.79 Å². The van der Waals surface area contributed by atoms with Crippen LogP contribution < -0.4 is 20.1 Å². The molecule has 5 aromatic rings. The van der Waals surface area contributed by atoms with Crippen molar-refractivity contribution >= 4 is 45.4 Å². The third kappa shape index (κ3) is 3.86. The van der Waals surface area contributed by atoms with Gasteiger partial charge in [0.05, 0.1) is 30.9 Å². The standard InChI is InChI=1S/C28H25N5O3/c1-35-18-6-8-23(30-15-34)22(12-18)21-13-20(21)16-5-7-19-25(10-16)32-33-28(19)31-26-11-17-4-3-9-29-24(17)14-27(26)36-2/h3-12,14-15,20-21H,13H2,1-2H3,(H,30,34)(H2,31,32,33). The quantitative estimate of drug-likeness (QED) is 0.246. The van der Waals surface area contributed by atoms with Gasteiger partial charge in [-0.15, -0.1) is 0 Å². The zero-order valence-corrected chi connectivity index (χ0v) is 19.9. The van der Waals surface area contributed by atoms with Gasteiger partial charge in [0.15, 0.2) is 5.82 Å². The average molecular weight is 480 g/mol. The molecule has 2 unspecified atom stereocenters. The number of aromatic amines is 1. The third-order valence-electron chi connectivity index (χ3n) is 6.86. The highest BCUT2D eigenvalue weighted by Crippen LogP contribution is 2.57. The van der Waals surface area contributed by atoms with Gasteiger partial charge in [0, 0.05) is 28.7 Å². The van der Waals surface area contributed by atoms with Crippen LogP contribution in [0.5, 0.6) is 11.5 Å². The summed E-state index contributed by atoms with van der Waals surface area (Å²) in [7, 11) is 3.30. The average Bonchev–Trinajstić information content (AvgIpc) is 3.62. The van der Waals surface area contributed by atoms with E-state index in [1.807, 2.05) is 42.5 Å². The molecule has 3 aromatic carbocycles. The molecule has 2 aromatic heterocycles. The molecule has 0 radical (unpaired) electrons. The zero-order valence-electron chi connectivity index (χ0n) is 19.9. The van der Waals surface area contributed by atoms with Crippen molar-refractivity contribution in [2.45, 2.75) is 18.3 Å². The van der Waals surface area contributed by atoms with Crippen molar-refractivity contribution in [3.8, 4) is 11.5 Å². The fourth-order valence-corrected chi connectivity index (χ4v) is 4.94. The molecule has 1 amide bonds. The molecule has 3 N–H and O–H groups in total. The normalized spacial score (nSPS) is 16.6. The van der Waals surface area contributed by atoms with Crippen molar-refractivity contribution in [3.05, 3.63) is 78.0 Å². The monoisotopic (exact) mass is 479 g/mol. The molecule has 1 aliphatic rings. The molecule has 1 fully saturated rings. The topological polar surface area (TPSA) is 101 Å². The number of nitrogens with one attached hydrogen (secondary N) is 3. The van der Waals surface area contributed by atoms with Gasteiger partial charge in [-0.2, -0.15) is 5.10 Å². The Morgan fingerprint density at radius 3 is 2.75 bits per heavy atom. The van der Waals surface area contributed by atoms with Gasteiger partial charge in [0.25, 0.3) is 0 Å². The van der Waals surface area contributed by atoms with Gasteiger partial charge >= 0.3 is 0 Å². The van der Waals surface area contributed by atoms with E-state index in [2.05, 4.69) is 44.0 Å². The molecular weight excluding hydrogens is 454 g/mol. The van der Waals surface area contributed by atoms with Crippen LogP contribution in [0.25, 0.3) is 21.8 Å². The van der Waals surface area contributed by atoms with E-state index in [9.17, 15) is 4.79 Å². The number of benzene rings is 3. The van der Waals surface area contributed by atoms with E-state index >= 15 is 0 Å². The summed E-state index contributed by atoms with van der Waals surface area (Å²) >= 11 is 0. The minimum Gasteiger partial charge on any atom is -0.497 e. The molecule has 8 nitrogen and oxygen atoms in total. The molecule has 2 heterocycles. The highest BCUT2D eigenvalue weighted by atomic mass is 16.5. The van der Waals surface area contributed by atoms with Crippen LogP contribution in [0.1, 0.15) is 29.4 Å². The van der Waals surface area contributed by atoms with Crippen LogP contribution >= 0.6 is 0 Å². The molecule has 0 saturated heterocycles. The lowest BCUT2D eigenvalue weighted by Crippen LogP contribution is -1.99. The maximum atomic E-state index is 11.1. The minimum absolute atomic E-state index is 0.316. The second-order valence-corrected chi connectivity index (χ2v) is 8.91. The Bertz CT molecular complexity index is 1600. The molecule has 6 rings (SSSR count). The molecule has 1 saturated carbocycles. The lowest BCUT2D eigenvalue weighted by Gasteiger charge is -2.11. The molecule has 0 aliphatic heterocycles. The second kappa shape index (κ2) is 8.88. The summed E-state index contributed by atoms with van der Waals surface area (Å²) < 4.78 is 11.0. The predicted molar refractivity (Wildman–Crippen MR) is 140 cm³/mol. The Hall–Kier alpha value is -4.59. The number of anilines is 3. The molecule has 0 bridgehead atoms. The van der Waals surface area contributed by atoms with Gasteiger partial charge in [-0.05, 0) is 71.8 Å². The number of hydrogen-bond donors (Lipinski definition) is 3. The number of carbonyl (C=O) groups is 1. The number of aromatic nitrogens is 3. The number of rotatable bonds is 8. The van der Waals surface area contributed by atoms with Crippen LogP contribution in [0.2, 0.25) is 0 Å². The number of nitrogens with zero attached hydrogens (tertiary/aromatic N) is 2. The van der Waals surface area contributed by atoms with Gasteiger partial charge in [0.2, 0.25) is 6.41 Å². The summed E-state index contributed by atoms with van der Waals surface area (Å²) in [5.74, 6) is 2.90. The SMILES string of the molecule is COc1ccc(NC=O)c(C2CC2c2ccc3c(Nc4cc5cccnc5cc4OC)n[nH]c3c2)c1. The predicted octanol–water partition coefficient (Wildman–Crippen LogP) is 5.71. The number of ether oxygens (including phenoxy) is 2. The van der Waals surface area contributed by atoms with Crippen LogP contribution in [-0.4, -0.2) is 35.8 Å². The lowest BCUT2D eigenvalue weighted by atomic mass is 10.0. The number of pyridine rings is 1. The molecule has 180 valence electrons. The first-order valence-corrected chi connectivity index (χ1v) is 11.7. The van der Waals surface area contributed by atoms with Crippen molar-refractivity contribution in [1.82, 2.24) is 15.2 Å². The first kappa shape index (κ1) is 21.9. The smallest absolute Gasteiger partial charge is 0.211 e. The summed E-state index contributed by atoms with van der Waals surface area (Å²) in [6.45, 7) is 0. The number of H-pyrrole nitrogens is 1. The summed E-state index contributed by atoms with van der Waals surface area (Å²) in [4.78, 5) is 15.5. The van der Waals surface area contributed by atoms with Gasteiger partial charge in [-0.1, -0.05) is 12.1 Å². The van der Waals surface area contributed by atoms with Crippen LogP contribution in [0.3, 0.4) is 0 Å². The van der Waals surface area contributed by atoms with E-state index in [0.717, 1.165) is 63.1 Å². The summed E-state index contributed by atoms with van der Waals surface area (Å²) in [5, 5.41) is 16.0. The van der Waals surface area contributed by atoms with Crippen molar-refractivity contribution in [3.63, 3.8) is 0 Å². The van der Waals surface area contributed by atoms with Gasteiger partial charge in [0.1, 0.15) is 11.5 Å². The number of carbonyl (C=O) groups excluding carboxylic acids is 1. The molecular formula is C28H25N5O3. The van der Waals surface area contributed by atoms with Crippen LogP contribution in [0.15, 0.2) is 66.9 Å². The summed E-state index contributed by atoms with van der Waals surface area (Å²) in [5.41, 5.74) is 5.81. The maximum Gasteiger partial charge on any atom is 0.211 e. The highest BCUT2D eigenvalue weighted by molar-refractivity contribution is 5.94. The summed E-state index contributed by atoms with van der Waals surface area (Å²) in [6.07, 6.45) is 3.49. The zero-order chi connectivity index (χ0) is 24.6. The fraction of sp³-hybridized carbons (Fsp3) is 0.179. The number of methoxy groups -OCH3 is 2. The number of fused-ring (bicyclic) bond motifs is 2. The Labute approximate surface area is 207 Å². The Kier molecular flexibility index (Phi) is 5.41. The van der Waals surface area contributed by atoms with Crippen molar-refractivity contribution in [1.29, 1.82) is 0 Å². The van der Waals surface area contributed by atoms with E-state index in [0.29, 0.717) is 17.6 Å². The van der Waals surface area contributed by atoms with Crippen molar-refractivity contribution in [2.75, 3.05) is 24.9 Å². The van der Waals surface area contributed by atoms with E-state index in [4.69, 9.17) is 9.47 Å². The highest BCUT2D eigenvalue weighted by Gasteiger charge is 2.41. The Morgan fingerprint density at radius 2 is 1.92 bits per heavy atom. The van der Waals surface area contributed by atoms with E-state index in [1.165, 1.54) is 5.56 Å². The molecule has 36 heavy (non-hydrogen) atoms. The van der Waals surface area contributed by atoms with Gasteiger partial charge in [-0.25, -0.2) is 0 Å². The number of amides is 1. The van der Waals surface area contributed by atoms with Crippen LogP contribution in [0, 0.1) is 0 Å². The second-order valence-electron chi connectivity index (χ2n) is 8.91. The van der Waals surface area contributed by atoms with Gasteiger partial charge in [-0.3, -0.25) is 14.9 Å². The van der Waals surface area contributed by atoms with E-state index in [1.54, 1.807) is 20.4 Å². The lowest BCUT2D eigenvalue weighted by molar-refractivity contribution is -0.105. The largest absolute Gasteiger partial charge is 0.497 e. The first-order chi connectivity index (χ1) is 17.7. The Balaban J connectivity index is 1.28. The fourth-order valence-electron chi connectivity index (χ4n) is 4.94. The van der Waals surface area contributed by atoms with E-state index in [-0.39, 0.29) is 0 Å². The Morgan fingerprint density at radius 1 is 1.00 bits per heavy atom. The first-order valence-electron chi connectivity index (χ1n) is 11.7. The summed E-state index contributed by atoms with van der Waals surface area (Å²) in [6, 6.07) is 20.1. The van der Waals surface area contributed by atoms with Crippen molar-refractivity contribution < 1.29 is 14.3 Å².